The van der Waals surface area contributed by atoms with Gasteiger partial charge in [0, 0.05) is 25.4 Å². The van der Waals surface area contributed by atoms with Crippen LogP contribution in [0, 0.1) is 6.92 Å². The Morgan fingerprint density at radius 2 is 2.00 bits per heavy atom. The minimum absolute atomic E-state index is 0.152. The molecule has 2 amide bonds. The summed E-state index contributed by atoms with van der Waals surface area (Å²) in [6, 6.07) is 5.10. The molecule has 0 radical (unpaired) electrons. The summed E-state index contributed by atoms with van der Waals surface area (Å²) in [6.07, 6.45) is -0.511. The van der Waals surface area contributed by atoms with Crippen molar-refractivity contribution in [1.29, 1.82) is 0 Å². The number of rotatable bonds is 4. The lowest BCUT2D eigenvalue weighted by atomic mass is 10.1. The molecule has 5 nitrogen and oxygen atoms in total. The molecule has 1 unspecified atom stereocenters. The molecule has 0 bridgehead atoms. The summed E-state index contributed by atoms with van der Waals surface area (Å²) < 4.78 is 4.93. The standard InChI is InChI=1S/C13H18N2O3/c1-8-7-10(13(17)14-3)5-6-11(8)15-12(16)9(2)18-4/h5-7,9H,1-4H3,(H,14,17)(H,15,16). The van der Waals surface area contributed by atoms with E-state index in [2.05, 4.69) is 10.6 Å². The van der Waals surface area contributed by atoms with Crippen molar-refractivity contribution in [3.8, 4) is 0 Å². The van der Waals surface area contributed by atoms with Gasteiger partial charge in [-0.25, -0.2) is 0 Å². The van der Waals surface area contributed by atoms with Gasteiger partial charge in [0.05, 0.1) is 0 Å². The minimum Gasteiger partial charge on any atom is -0.372 e. The molecule has 5 heteroatoms. The molecule has 1 rings (SSSR count). The van der Waals surface area contributed by atoms with Crippen LogP contribution in [0.1, 0.15) is 22.8 Å². The van der Waals surface area contributed by atoms with Crippen LogP contribution < -0.4 is 10.6 Å². The monoisotopic (exact) mass is 250 g/mol. The van der Waals surface area contributed by atoms with Gasteiger partial charge in [-0.1, -0.05) is 0 Å². The fourth-order valence-corrected chi connectivity index (χ4v) is 1.43. The van der Waals surface area contributed by atoms with Crippen molar-refractivity contribution in [3.63, 3.8) is 0 Å². The van der Waals surface area contributed by atoms with Crippen LogP contribution >= 0.6 is 0 Å². The Bertz CT molecular complexity index is 458. The first-order valence-electron chi connectivity index (χ1n) is 5.66. The smallest absolute Gasteiger partial charge is 0.253 e. The molecule has 2 N–H and O–H groups in total. The summed E-state index contributed by atoms with van der Waals surface area (Å²) in [6.45, 7) is 3.50. The van der Waals surface area contributed by atoms with Crippen LogP contribution in [0.4, 0.5) is 5.69 Å². The van der Waals surface area contributed by atoms with E-state index in [9.17, 15) is 9.59 Å². The molecular weight excluding hydrogens is 232 g/mol. The van der Waals surface area contributed by atoms with Crippen LogP contribution in [-0.4, -0.2) is 32.1 Å². The third-order valence-electron chi connectivity index (χ3n) is 2.70. The van der Waals surface area contributed by atoms with Gasteiger partial charge in [-0.3, -0.25) is 9.59 Å². The number of benzene rings is 1. The second-order valence-corrected chi connectivity index (χ2v) is 3.98. The molecule has 0 saturated carbocycles. The second-order valence-electron chi connectivity index (χ2n) is 3.98. The van der Waals surface area contributed by atoms with E-state index in [-0.39, 0.29) is 11.8 Å². The van der Waals surface area contributed by atoms with Crippen molar-refractivity contribution >= 4 is 17.5 Å². The number of nitrogens with one attached hydrogen (secondary N) is 2. The highest BCUT2D eigenvalue weighted by Gasteiger charge is 2.13. The van der Waals surface area contributed by atoms with Gasteiger partial charge in [-0.2, -0.15) is 0 Å². The van der Waals surface area contributed by atoms with Crippen LogP contribution in [0.2, 0.25) is 0 Å². The third-order valence-corrected chi connectivity index (χ3v) is 2.70. The number of hydrogen-bond donors (Lipinski definition) is 2. The van der Waals surface area contributed by atoms with Gasteiger partial charge in [-0.15, -0.1) is 0 Å². The first-order chi connectivity index (χ1) is 8.49. The summed E-state index contributed by atoms with van der Waals surface area (Å²) in [5, 5.41) is 5.30. The zero-order chi connectivity index (χ0) is 13.7. The molecule has 0 aliphatic heterocycles. The first-order valence-corrected chi connectivity index (χ1v) is 5.66. The van der Waals surface area contributed by atoms with Crippen molar-refractivity contribution in [3.05, 3.63) is 29.3 Å². The van der Waals surface area contributed by atoms with Crippen molar-refractivity contribution in [2.45, 2.75) is 20.0 Å². The molecule has 18 heavy (non-hydrogen) atoms. The third kappa shape index (κ3) is 3.30. The normalized spacial score (nSPS) is 11.8. The van der Waals surface area contributed by atoms with E-state index in [1.54, 1.807) is 32.2 Å². The van der Waals surface area contributed by atoms with Crippen LogP contribution in [0.15, 0.2) is 18.2 Å². The molecule has 0 aromatic heterocycles. The van der Waals surface area contributed by atoms with Gasteiger partial charge < -0.3 is 15.4 Å². The molecule has 0 saturated heterocycles. The van der Waals surface area contributed by atoms with E-state index in [1.807, 2.05) is 6.92 Å². The lowest BCUT2D eigenvalue weighted by Crippen LogP contribution is -2.27. The quantitative estimate of drug-likeness (QED) is 0.847. The highest BCUT2D eigenvalue weighted by Crippen LogP contribution is 2.17. The maximum atomic E-state index is 11.7. The fraction of sp³-hybridized carbons (Fsp3) is 0.385. The molecule has 0 aliphatic rings. The Balaban J connectivity index is 2.86. The molecule has 0 spiro atoms. The maximum Gasteiger partial charge on any atom is 0.253 e. The average Bonchev–Trinajstić information content (AvgIpc) is 2.38. The van der Waals surface area contributed by atoms with E-state index >= 15 is 0 Å². The molecule has 1 aromatic rings. The number of carbonyl (C=O) groups is 2. The van der Waals surface area contributed by atoms with Crippen molar-refractivity contribution in [2.24, 2.45) is 0 Å². The van der Waals surface area contributed by atoms with E-state index in [1.165, 1.54) is 7.11 Å². The van der Waals surface area contributed by atoms with E-state index in [4.69, 9.17) is 4.74 Å². The Kier molecular flexibility index (Phi) is 4.85. The molecule has 1 atom stereocenters. The summed E-state index contributed by atoms with van der Waals surface area (Å²) in [5.74, 6) is -0.366. The van der Waals surface area contributed by atoms with Crippen molar-refractivity contribution in [2.75, 3.05) is 19.5 Å². The SMILES string of the molecule is CNC(=O)c1ccc(NC(=O)C(C)OC)c(C)c1. The van der Waals surface area contributed by atoms with E-state index < -0.39 is 6.10 Å². The highest BCUT2D eigenvalue weighted by atomic mass is 16.5. The summed E-state index contributed by atoms with van der Waals surface area (Å²) in [4.78, 5) is 23.1. The minimum atomic E-state index is -0.511. The first kappa shape index (κ1) is 14.2. The number of carbonyl (C=O) groups excluding carboxylic acids is 2. The van der Waals surface area contributed by atoms with Gasteiger partial charge in [-0.05, 0) is 37.6 Å². The van der Waals surface area contributed by atoms with Crippen LogP contribution in [0.25, 0.3) is 0 Å². The van der Waals surface area contributed by atoms with Gasteiger partial charge in [0.15, 0.2) is 0 Å². The number of anilines is 1. The second kappa shape index (κ2) is 6.16. The maximum absolute atomic E-state index is 11.7. The number of hydrogen-bond acceptors (Lipinski definition) is 3. The van der Waals surface area contributed by atoms with Crippen LogP contribution in [0.3, 0.4) is 0 Å². The Labute approximate surface area is 107 Å². The Hall–Kier alpha value is -1.88. The Morgan fingerprint density at radius 3 is 2.50 bits per heavy atom. The molecule has 98 valence electrons. The molecule has 0 fully saturated rings. The molecule has 0 aliphatic carbocycles. The average molecular weight is 250 g/mol. The van der Waals surface area contributed by atoms with Crippen LogP contribution in [-0.2, 0) is 9.53 Å². The zero-order valence-electron chi connectivity index (χ0n) is 11.0. The van der Waals surface area contributed by atoms with Crippen molar-refractivity contribution in [1.82, 2.24) is 5.32 Å². The van der Waals surface area contributed by atoms with E-state index in [0.717, 1.165) is 5.56 Å². The molecule has 1 aromatic carbocycles. The van der Waals surface area contributed by atoms with Gasteiger partial charge in [0.1, 0.15) is 6.10 Å². The number of aryl methyl sites for hydroxylation is 1. The fourth-order valence-electron chi connectivity index (χ4n) is 1.43. The lowest BCUT2D eigenvalue weighted by Gasteiger charge is -2.13. The summed E-state index contributed by atoms with van der Waals surface area (Å²) in [7, 11) is 3.05. The Morgan fingerprint density at radius 1 is 1.33 bits per heavy atom. The predicted molar refractivity (Wildman–Crippen MR) is 69.7 cm³/mol. The van der Waals surface area contributed by atoms with Crippen molar-refractivity contribution < 1.29 is 14.3 Å². The number of amides is 2. The predicted octanol–water partition coefficient (Wildman–Crippen LogP) is 1.33. The van der Waals surface area contributed by atoms with Gasteiger partial charge in [0.25, 0.3) is 11.8 Å². The number of ether oxygens (including phenoxy) is 1. The topological polar surface area (TPSA) is 67.4 Å². The summed E-state index contributed by atoms with van der Waals surface area (Å²) >= 11 is 0. The van der Waals surface area contributed by atoms with Gasteiger partial charge in [0.2, 0.25) is 0 Å². The zero-order valence-corrected chi connectivity index (χ0v) is 11.0. The lowest BCUT2D eigenvalue weighted by molar-refractivity contribution is -0.124. The van der Waals surface area contributed by atoms with Crippen LogP contribution in [0.5, 0.6) is 0 Å². The molecular formula is C13H18N2O3. The molecule has 0 heterocycles. The summed E-state index contributed by atoms with van der Waals surface area (Å²) in [5.41, 5.74) is 2.07. The number of methoxy groups -OCH3 is 1. The highest BCUT2D eigenvalue weighted by molar-refractivity contribution is 5.97. The van der Waals surface area contributed by atoms with E-state index in [0.29, 0.717) is 11.3 Å². The largest absolute Gasteiger partial charge is 0.372 e. The van der Waals surface area contributed by atoms with Gasteiger partial charge >= 0.3 is 0 Å².